The molecule has 2 rings (SSSR count). The maximum Gasteiger partial charge on any atom is 0.191 e. The molecule has 1 unspecified atom stereocenters. The van der Waals surface area contributed by atoms with Crippen molar-refractivity contribution in [3.05, 3.63) is 65.5 Å². The van der Waals surface area contributed by atoms with Gasteiger partial charge in [0.1, 0.15) is 0 Å². The van der Waals surface area contributed by atoms with Crippen molar-refractivity contribution in [2.24, 2.45) is 4.99 Å². The summed E-state index contributed by atoms with van der Waals surface area (Å²) in [6.07, 6.45) is 4.63. The van der Waals surface area contributed by atoms with Gasteiger partial charge in [0, 0.05) is 32.5 Å². The second-order valence-electron chi connectivity index (χ2n) is 5.81. The number of benzene rings is 1. The van der Waals surface area contributed by atoms with Gasteiger partial charge in [-0.1, -0.05) is 42.8 Å². The molecule has 0 aliphatic rings. The summed E-state index contributed by atoms with van der Waals surface area (Å²) in [5.41, 5.74) is 3.88. The molecule has 1 aromatic heterocycles. The minimum atomic E-state index is 0. The zero-order valence-electron chi connectivity index (χ0n) is 14.6. The average molecular weight is 438 g/mol. The van der Waals surface area contributed by atoms with Crippen molar-refractivity contribution in [1.82, 2.24) is 15.6 Å². The van der Waals surface area contributed by atoms with Gasteiger partial charge in [-0.15, -0.1) is 24.0 Å². The molecule has 4 nitrogen and oxygen atoms in total. The average Bonchev–Trinajstić information content (AvgIpc) is 2.58. The van der Waals surface area contributed by atoms with Crippen molar-refractivity contribution in [2.75, 3.05) is 20.1 Å². The van der Waals surface area contributed by atoms with Crippen LogP contribution in [0.1, 0.15) is 29.5 Å². The monoisotopic (exact) mass is 438 g/mol. The lowest BCUT2D eigenvalue weighted by Crippen LogP contribution is -2.39. The lowest BCUT2D eigenvalue weighted by molar-refractivity contribution is 0.697. The van der Waals surface area contributed by atoms with Crippen LogP contribution in [0.2, 0.25) is 0 Å². The normalized spacial score (nSPS) is 12.2. The number of aromatic nitrogens is 1. The van der Waals surface area contributed by atoms with Crippen LogP contribution in [0.25, 0.3) is 0 Å². The number of halogens is 1. The van der Waals surface area contributed by atoms with Crippen LogP contribution < -0.4 is 10.6 Å². The molecule has 0 radical (unpaired) electrons. The lowest BCUT2D eigenvalue weighted by Gasteiger charge is -2.16. The van der Waals surface area contributed by atoms with Gasteiger partial charge in [-0.3, -0.25) is 9.98 Å². The van der Waals surface area contributed by atoms with Crippen LogP contribution in [0.15, 0.2) is 53.8 Å². The van der Waals surface area contributed by atoms with Crippen LogP contribution in [-0.4, -0.2) is 31.1 Å². The van der Waals surface area contributed by atoms with Crippen molar-refractivity contribution in [1.29, 1.82) is 0 Å². The summed E-state index contributed by atoms with van der Waals surface area (Å²) < 4.78 is 0. The fourth-order valence-electron chi connectivity index (χ4n) is 2.44. The summed E-state index contributed by atoms with van der Waals surface area (Å²) in [6.45, 7) is 6.05. The van der Waals surface area contributed by atoms with Crippen LogP contribution in [0.4, 0.5) is 0 Å². The zero-order valence-corrected chi connectivity index (χ0v) is 17.0. The number of guanidine groups is 1. The van der Waals surface area contributed by atoms with E-state index in [0.29, 0.717) is 5.92 Å². The summed E-state index contributed by atoms with van der Waals surface area (Å²) in [7, 11) is 1.80. The smallest absolute Gasteiger partial charge is 0.191 e. The first-order chi connectivity index (χ1) is 11.2. The molecule has 0 spiro atoms. The van der Waals surface area contributed by atoms with Gasteiger partial charge in [-0.2, -0.15) is 0 Å². The Labute approximate surface area is 162 Å². The van der Waals surface area contributed by atoms with E-state index in [2.05, 4.69) is 64.8 Å². The van der Waals surface area contributed by atoms with E-state index in [0.717, 1.165) is 25.5 Å². The topological polar surface area (TPSA) is 49.3 Å². The fourth-order valence-corrected chi connectivity index (χ4v) is 2.44. The highest BCUT2D eigenvalue weighted by Crippen LogP contribution is 2.15. The second-order valence-corrected chi connectivity index (χ2v) is 5.81. The molecular formula is C19H27IN4. The highest BCUT2D eigenvalue weighted by Gasteiger charge is 2.06. The predicted molar refractivity (Wildman–Crippen MR) is 112 cm³/mol. The van der Waals surface area contributed by atoms with E-state index in [-0.39, 0.29) is 24.0 Å². The molecule has 130 valence electrons. The minimum Gasteiger partial charge on any atom is -0.356 e. The van der Waals surface area contributed by atoms with Gasteiger partial charge >= 0.3 is 0 Å². The van der Waals surface area contributed by atoms with E-state index in [1.807, 2.05) is 12.3 Å². The number of pyridine rings is 1. The SMILES string of the molecule is CN=C(NCCc1cccnc1)NCC(C)c1cccc(C)c1.I. The van der Waals surface area contributed by atoms with Crippen LogP contribution in [0, 0.1) is 6.92 Å². The van der Waals surface area contributed by atoms with E-state index in [1.54, 1.807) is 13.2 Å². The predicted octanol–water partition coefficient (Wildman–Crippen LogP) is 3.52. The summed E-state index contributed by atoms with van der Waals surface area (Å²) in [5.74, 6) is 1.28. The van der Waals surface area contributed by atoms with E-state index in [1.165, 1.54) is 16.7 Å². The number of hydrogen-bond acceptors (Lipinski definition) is 2. The molecule has 1 aromatic carbocycles. The zero-order chi connectivity index (χ0) is 16.5. The Kier molecular flexibility index (Phi) is 9.37. The Hall–Kier alpha value is -1.63. The number of nitrogens with one attached hydrogen (secondary N) is 2. The quantitative estimate of drug-likeness (QED) is 0.412. The van der Waals surface area contributed by atoms with Gasteiger partial charge in [0.15, 0.2) is 5.96 Å². The number of aliphatic imine (C=N–C) groups is 1. The molecule has 2 aromatic rings. The molecule has 0 saturated heterocycles. The Morgan fingerprint density at radius 1 is 1.21 bits per heavy atom. The summed E-state index contributed by atoms with van der Waals surface area (Å²) in [6, 6.07) is 12.7. The third-order valence-corrected chi connectivity index (χ3v) is 3.84. The molecule has 24 heavy (non-hydrogen) atoms. The van der Waals surface area contributed by atoms with Gasteiger partial charge < -0.3 is 10.6 Å². The number of aryl methyl sites for hydroxylation is 1. The molecule has 0 bridgehead atoms. The highest BCUT2D eigenvalue weighted by molar-refractivity contribution is 14.0. The number of nitrogens with zero attached hydrogens (tertiary/aromatic N) is 2. The first kappa shape index (κ1) is 20.4. The molecule has 0 amide bonds. The van der Waals surface area contributed by atoms with Gasteiger partial charge in [0.25, 0.3) is 0 Å². The van der Waals surface area contributed by atoms with Crippen LogP contribution in [0.3, 0.4) is 0 Å². The Balaban J connectivity index is 0.00000288. The van der Waals surface area contributed by atoms with Crippen molar-refractivity contribution in [3.8, 4) is 0 Å². The fraction of sp³-hybridized carbons (Fsp3) is 0.368. The molecule has 2 N–H and O–H groups in total. The van der Waals surface area contributed by atoms with E-state index in [4.69, 9.17) is 0 Å². The molecule has 0 aliphatic carbocycles. The van der Waals surface area contributed by atoms with Gasteiger partial charge in [0.05, 0.1) is 0 Å². The van der Waals surface area contributed by atoms with Crippen LogP contribution in [-0.2, 0) is 6.42 Å². The minimum absolute atomic E-state index is 0. The van der Waals surface area contributed by atoms with Gasteiger partial charge in [-0.05, 0) is 36.5 Å². The molecular weight excluding hydrogens is 411 g/mol. The molecule has 1 atom stereocenters. The Morgan fingerprint density at radius 2 is 2.04 bits per heavy atom. The first-order valence-electron chi connectivity index (χ1n) is 8.09. The maximum absolute atomic E-state index is 4.28. The van der Waals surface area contributed by atoms with Crippen molar-refractivity contribution in [3.63, 3.8) is 0 Å². The van der Waals surface area contributed by atoms with Gasteiger partial charge in [-0.25, -0.2) is 0 Å². The van der Waals surface area contributed by atoms with Crippen molar-refractivity contribution >= 4 is 29.9 Å². The van der Waals surface area contributed by atoms with Crippen LogP contribution >= 0.6 is 24.0 Å². The Bertz CT molecular complexity index is 628. The number of hydrogen-bond donors (Lipinski definition) is 2. The third kappa shape index (κ3) is 6.86. The maximum atomic E-state index is 4.28. The molecule has 1 heterocycles. The molecule has 0 fully saturated rings. The first-order valence-corrected chi connectivity index (χ1v) is 8.09. The largest absolute Gasteiger partial charge is 0.356 e. The Morgan fingerprint density at radius 3 is 2.71 bits per heavy atom. The van der Waals surface area contributed by atoms with E-state index in [9.17, 15) is 0 Å². The third-order valence-electron chi connectivity index (χ3n) is 3.84. The number of rotatable bonds is 6. The van der Waals surface area contributed by atoms with E-state index >= 15 is 0 Å². The summed E-state index contributed by atoms with van der Waals surface area (Å²) in [5, 5.41) is 6.74. The highest BCUT2D eigenvalue weighted by atomic mass is 127. The lowest BCUT2D eigenvalue weighted by atomic mass is 9.99. The molecule has 0 aliphatic heterocycles. The molecule has 5 heteroatoms. The summed E-state index contributed by atoms with van der Waals surface area (Å²) in [4.78, 5) is 8.41. The summed E-state index contributed by atoms with van der Waals surface area (Å²) >= 11 is 0. The standard InChI is InChI=1S/C19H26N4.HI/c1-15-6-4-8-18(12-15)16(2)13-23-19(20-3)22-11-9-17-7-5-10-21-14-17;/h4-8,10,12,14,16H,9,11,13H2,1-3H3,(H2,20,22,23);1H. The van der Waals surface area contributed by atoms with Gasteiger partial charge in [0.2, 0.25) is 0 Å². The second kappa shape index (κ2) is 11.0. The molecule has 0 saturated carbocycles. The van der Waals surface area contributed by atoms with Crippen molar-refractivity contribution < 1.29 is 0 Å². The van der Waals surface area contributed by atoms with E-state index < -0.39 is 0 Å². The van der Waals surface area contributed by atoms with Crippen LogP contribution in [0.5, 0.6) is 0 Å². The van der Waals surface area contributed by atoms with Crippen molar-refractivity contribution in [2.45, 2.75) is 26.2 Å².